The highest BCUT2D eigenvalue weighted by Crippen LogP contribution is 2.29. The molecular weight excluding hydrogens is 505 g/mol. The molecule has 3 aromatic carbocycles. The number of carboxylic acid groups (broad SMARTS) is 1. The summed E-state index contributed by atoms with van der Waals surface area (Å²) in [6.45, 7) is 0.213. The predicted molar refractivity (Wildman–Crippen MR) is 131 cm³/mol. The summed E-state index contributed by atoms with van der Waals surface area (Å²) in [5.41, 5.74) is 2.95. The van der Waals surface area contributed by atoms with Gasteiger partial charge in [-0.15, -0.1) is 13.2 Å². The minimum absolute atomic E-state index is 0.0441. The van der Waals surface area contributed by atoms with E-state index in [1.165, 1.54) is 24.3 Å². The molecule has 4 rings (SSSR count). The van der Waals surface area contributed by atoms with Crippen LogP contribution in [0.5, 0.6) is 23.0 Å². The smallest absolute Gasteiger partial charge is 0.497 e. The van der Waals surface area contributed by atoms with Gasteiger partial charge in [0, 0.05) is 25.6 Å². The average molecular weight is 530 g/mol. The van der Waals surface area contributed by atoms with Crippen LogP contribution in [0.2, 0.25) is 0 Å². The first kappa shape index (κ1) is 26.6. The van der Waals surface area contributed by atoms with Gasteiger partial charge in [0.05, 0.1) is 18.1 Å². The molecule has 0 bridgehead atoms. The Morgan fingerprint density at radius 3 is 2.34 bits per heavy atom. The Kier molecular flexibility index (Phi) is 7.94. The Hall–Kier alpha value is -4.41. The zero-order chi connectivity index (χ0) is 27.3. The second-order valence-corrected chi connectivity index (χ2v) is 8.37. The molecule has 1 N–H and O–H groups in total. The number of methoxy groups -OCH3 is 1. The zero-order valence-corrected chi connectivity index (χ0v) is 20.6. The number of halogens is 3. The Labute approximate surface area is 216 Å². The number of benzene rings is 3. The summed E-state index contributed by atoms with van der Waals surface area (Å²) in [6, 6.07) is 16.0. The molecule has 1 aromatic heterocycles. The fourth-order valence-corrected chi connectivity index (χ4v) is 3.78. The number of ether oxygens (including phenoxy) is 4. The zero-order valence-electron chi connectivity index (χ0n) is 20.6. The number of rotatable bonds is 11. The molecule has 0 aliphatic heterocycles. The summed E-state index contributed by atoms with van der Waals surface area (Å²) in [5.74, 6) is 1.02. The lowest BCUT2D eigenvalue weighted by Crippen LogP contribution is -2.17. The van der Waals surface area contributed by atoms with E-state index >= 15 is 0 Å². The topological polar surface area (TPSA) is 92.0 Å². The van der Waals surface area contributed by atoms with E-state index in [2.05, 4.69) is 9.72 Å². The first-order valence-electron chi connectivity index (χ1n) is 11.6. The third-order valence-corrected chi connectivity index (χ3v) is 5.75. The van der Waals surface area contributed by atoms with Crippen molar-refractivity contribution < 1.29 is 42.0 Å². The maximum Gasteiger partial charge on any atom is 0.573 e. The molecule has 4 aromatic rings. The average Bonchev–Trinajstić information content (AvgIpc) is 3.19. The highest BCUT2D eigenvalue weighted by Gasteiger charge is 2.31. The Bertz CT molecular complexity index is 1420. The predicted octanol–water partition coefficient (Wildman–Crippen LogP) is 5.66. The number of aryl methyl sites for hydroxylation is 2. The van der Waals surface area contributed by atoms with Gasteiger partial charge in [-0.3, -0.25) is 4.79 Å². The van der Waals surface area contributed by atoms with Crippen LogP contribution in [0.3, 0.4) is 0 Å². The van der Waals surface area contributed by atoms with Crippen molar-refractivity contribution in [1.82, 2.24) is 9.55 Å². The quantitative estimate of drug-likeness (QED) is 0.268. The van der Waals surface area contributed by atoms with Crippen molar-refractivity contribution >= 4 is 17.0 Å². The van der Waals surface area contributed by atoms with Crippen molar-refractivity contribution in [2.45, 2.75) is 32.4 Å². The Morgan fingerprint density at radius 2 is 1.66 bits per heavy atom. The summed E-state index contributed by atoms with van der Waals surface area (Å²) >= 11 is 0. The van der Waals surface area contributed by atoms with E-state index in [0.29, 0.717) is 34.2 Å². The molecule has 0 fully saturated rings. The number of aromatic nitrogens is 2. The standard InChI is InChI=1S/C27H25F3N2O6/c1-32-23-13-20(35-2)10-11-22(23)31-25(32)16-36-21-9-5-18(6-12-26(33)34)24(14-21)37-15-17-3-7-19(8-4-17)38-27(28,29)30/h3-5,7-11,13-14H,6,12,15-16H2,1-2H3,(H,33,34). The van der Waals surface area contributed by atoms with E-state index in [-0.39, 0.29) is 31.8 Å². The van der Waals surface area contributed by atoms with E-state index in [9.17, 15) is 18.0 Å². The van der Waals surface area contributed by atoms with Crippen LogP contribution in [0.1, 0.15) is 23.4 Å². The molecule has 0 unspecified atom stereocenters. The number of hydrogen-bond donors (Lipinski definition) is 1. The largest absolute Gasteiger partial charge is 0.573 e. The van der Waals surface area contributed by atoms with E-state index in [1.807, 2.05) is 29.8 Å². The van der Waals surface area contributed by atoms with Crippen LogP contribution in [-0.2, 0) is 31.5 Å². The van der Waals surface area contributed by atoms with Gasteiger partial charge >= 0.3 is 12.3 Å². The molecule has 0 amide bonds. The number of fused-ring (bicyclic) bond motifs is 1. The van der Waals surface area contributed by atoms with Gasteiger partial charge in [-0.2, -0.15) is 0 Å². The lowest BCUT2D eigenvalue weighted by atomic mass is 10.1. The number of alkyl halides is 3. The van der Waals surface area contributed by atoms with Crippen LogP contribution in [0.15, 0.2) is 60.7 Å². The molecule has 0 atom stereocenters. The van der Waals surface area contributed by atoms with Gasteiger partial charge in [-0.25, -0.2) is 4.98 Å². The maximum absolute atomic E-state index is 12.4. The summed E-state index contributed by atoms with van der Waals surface area (Å²) in [4.78, 5) is 15.7. The number of carboxylic acids is 1. The molecule has 0 aliphatic carbocycles. The molecule has 200 valence electrons. The SMILES string of the molecule is COc1ccc2nc(COc3ccc(CCC(=O)O)c(OCc4ccc(OC(F)(F)F)cc4)c3)n(C)c2c1. The normalized spacial score (nSPS) is 11.4. The maximum atomic E-state index is 12.4. The number of carbonyl (C=O) groups is 1. The van der Waals surface area contributed by atoms with Crippen LogP contribution in [0, 0.1) is 0 Å². The summed E-state index contributed by atoms with van der Waals surface area (Å²) < 4.78 is 60.1. The number of hydrogen-bond acceptors (Lipinski definition) is 6. The van der Waals surface area contributed by atoms with Crippen LogP contribution >= 0.6 is 0 Å². The van der Waals surface area contributed by atoms with Crippen molar-refractivity contribution in [3.05, 3.63) is 77.6 Å². The molecule has 1 heterocycles. The lowest BCUT2D eigenvalue weighted by Gasteiger charge is -2.14. The molecule has 0 aliphatic rings. The van der Waals surface area contributed by atoms with Gasteiger partial charge in [0.1, 0.15) is 42.0 Å². The van der Waals surface area contributed by atoms with Crippen molar-refractivity contribution in [3.8, 4) is 23.0 Å². The molecule has 38 heavy (non-hydrogen) atoms. The molecule has 0 radical (unpaired) electrons. The van der Waals surface area contributed by atoms with Gasteiger partial charge in [-0.05, 0) is 47.9 Å². The third kappa shape index (κ3) is 6.87. The van der Waals surface area contributed by atoms with E-state index in [0.717, 1.165) is 11.0 Å². The molecule has 0 saturated heterocycles. The summed E-state index contributed by atoms with van der Waals surface area (Å²) in [5, 5.41) is 9.09. The molecule has 8 nitrogen and oxygen atoms in total. The van der Waals surface area contributed by atoms with Crippen molar-refractivity contribution in [2.24, 2.45) is 7.05 Å². The van der Waals surface area contributed by atoms with Crippen LogP contribution in [0.4, 0.5) is 13.2 Å². The monoisotopic (exact) mass is 530 g/mol. The lowest BCUT2D eigenvalue weighted by molar-refractivity contribution is -0.274. The van der Waals surface area contributed by atoms with Gasteiger partial charge in [-0.1, -0.05) is 18.2 Å². The van der Waals surface area contributed by atoms with Crippen LogP contribution in [0.25, 0.3) is 11.0 Å². The second kappa shape index (κ2) is 11.3. The van der Waals surface area contributed by atoms with Crippen LogP contribution in [-0.4, -0.2) is 34.1 Å². The summed E-state index contributed by atoms with van der Waals surface area (Å²) in [7, 11) is 3.47. The number of nitrogens with zero attached hydrogens (tertiary/aromatic N) is 2. The molecule has 0 saturated carbocycles. The minimum Gasteiger partial charge on any atom is -0.497 e. The van der Waals surface area contributed by atoms with Crippen molar-refractivity contribution in [1.29, 1.82) is 0 Å². The Morgan fingerprint density at radius 1 is 0.947 bits per heavy atom. The third-order valence-electron chi connectivity index (χ3n) is 5.75. The first-order valence-corrected chi connectivity index (χ1v) is 11.6. The fraction of sp³-hybridized carbons (Fsp3) is 0.259. The summed E-state index contributed by atoms with van der Waals surface area (Å²) in [6.07, 6.45) is -4.63. The van der Waals surface area contributed by atoms with Gasteiger partial charge in [0.25, 0.3) is 0 Å². The van der Waals surface area contributed by atoms with Crippen molar-refractivity contribution in [3.63, 3.8) is 0 Å². The second-order valence-electron chi connectivity index (χ2n) is 8.37. The fourth-order valence-electron chi connectivity index (χ4n) is 3.78. The molecule has 0 spiro atoms. The van der Waals surface area contributed by atoms with Crippen LogP contribution < -0.4 is 18.9 Å². The molecule has 11 heteroatoms. The van der Waals surface area contributed by atoms with Gasteiger partial charge in [0.2, 0.25) is 0 Å². The van der Waals surface area contributed by atoms with Gasteiger partial charge in [0.15, 0.2) is 0 Å². The highest BCUT2D eigenvalue weighted by atomic mass is 19.4. The van der Waals surface area contributed by atoms with E-state index in [1.54, 1.807) is 25.3 Å². The minimum atomic E-state index is -4.77. The van der Waals surface area contributed by atoms with E-state index in [4.69, 9.17) is 19.3 Å². The van der Waals surface area contributed by atoms with Gasteiger partial charge < -0.3 is 28.6 Å². The number of imidazole rings is 1. The molecular formula is C27H25F3N2O6. The van der Waals surface area contributed by atoms with E-state index < -0.39 is 12.3 Å². The Balaban J connectivity index is 1.48. The highest BCUT2D eigenvalue weighted by molar-refractivity contribution is 5.77. The first-order chi connectivity index (χ1) is 18.1. The number of aliphatic carboxylic acids is 1. The van der Waals surface area contributed by atoms with Crippen molar-refractivity contribution in [2.75, 3.05) is 7.11 Å².